The largest absolute Gasteiger partial charge is 0.351 e. The Labute approximate surface area is 173 Å². The standard InChI is InChI=1S/C18H14ClFN4O2S2/c19-14-8-12(20)7-6-11(14)9-21-15(25)10-27-18-24-23-17(28-18)16(26)22-13-4-2-1-3-5-13/h1-8H,9-10H2,(H,21,25)(H,22,26). The molecule has 0 saturated heterocycles. The van der Waals surface area contributed by atoms with Crippen LogP contribution in [0.4, 0.5) is 10.1 Å². The van der Waals surface area contributed by atoms with Crippen molar-refractivity contribution < 1.29 is 14.0 Å². The van der Waals surface area contributed by atoms with Gasteiger partial charge < -0.3 is 10.6 Å². The van der Waals surface area contributed by atoms with Gasteiger partial charge in [0.05, 0.1) is 5.75 Å². The van der Waals surface area contributed by atoms with Gasteiger partial charge in [-0.05, 0) is 29.8 Å². The van der Waals surface area contributed by atoms with E-state index in [0.717, 1.165) is 11.3 Å². The van der Waals surface area contributed by atoms with Crippen LogP contribution in [0, 0.1) is 5.82 Å². The minimum atomic E-state index is -0.431. The van der Waals surface area contributed by atoms with Gasteiger partial charge in [0.15, 0.2) is 4.34 Å². The van der Waals surface area contributed by atoms with Gasteiger partial charge in [-0.15, -0.1) is 10.2 Å². The van der Waals surface area contributed by atoms with Gasteiger partial charge in [-0.2, -0.15) is 0 Å². The number of carbonyl (C=O) groups excluding carboxylic acids is 2. The summed E-state index contributed by atoms with van der Waals surface area (Å²) in [7, 11) is 0. The first-order valence-electron chi connectivity index (χ1n) is 8.04. The second-order valence-corrected chi connectivity index (χ2v) is 8.10. The molecule has 0 saturated carbocycles. The highest BCUT2D eigenvalue weighted by Gasteiger charge is 2.14. The van der Waals surface area contributed by atoms with Crippen LogP contribution in [-0.4, -0.2) is 27.8 Å². The van der Waals surface area contributed by atoms with Crippen LogP contribution in [0.25, 0.3) is 0 Å². The Morgan fingerprint density at radius 1 is 1.14 bits per heavy atom. The van der Waals surface area contributed by atoms with E-state index in [2.05, 4.69) is 20.8 Å². The summed E-state index contributed by atoms with van der Waals surface area (Å²) in [4.78, 5) is 24.1. The second-order valence-electron chi connectivity index (χ2n) is 5.49. The molecular weight excluding hydrogens is 423 g/mol. The topological polar surface area (TPSA) is 84.0 Å². The van der Waals surface area contributed by atoms with E-state index >= 15 is 0 Å². The van der Waals surface area contributed by atoms with Crippen LogP contribution in [0.2, 0.25) is 5.02 Å². The lowest BCUT2D eigenvalue weighted by atomic mass is 10.2. The number of rotatable bonds is 7. The van der Waals surface area contributed by atoms with E-state index in [4.69, 9.17) is 11.6 Å². The molecule has 0 aliphatic rings. The van der Waals surface area contributed by atoms with Gasteiger partial charge in [-0.1, -0.05) is 59.0 Å². The number of para-hydroxylation sites is 1. The SMILES string of the molecule is O=C(CSc1nnc(C(=O)Nc2ccccc2)s1)NCc1ccc(F)cc1Cl. The Kier molecular flexibility index (Phi) is 6.96. The Balaban J connectivity index is 1.47. The molecule has 2 N–H and O–H groups in total. The molecule has 0 radical (unpaired) electrons. The number of aromatic nitrogens is 2. The van der Waals surface area contributed by atoms with Crippen molar-refractivity contribution >= 4 is 52.2 Å². The lowest BCUT2D eigenvalue weighted by Crippen LogP contribution is -2.24. The quantitative estimate of drug-likeness (QED) is 0.547. The number of carbonyl (C=O) groups is 2. The molecule has 0 spiro atoms. The molecule has 1 aromatic heterocycles. The summed E-state index contributed by atoms with van der Waals surface area (Å²) in [5.74, 6) is -0.922. The predicted molar refractivity (Wildman–Crippen MR) is 108 cm³/mol. The van der Waals surface area contributed by atoms with Crippen molar-refractivity contribution in [1.82, 2.24) is 15.5 Å². The number of thioether (sulfide) groups is 1. The van der Waals surface area contributed by atoms with Crippen LogP contribution in [0.5, 0.6) is 0 Å². The van der Waals surface area contributed by atoms with Crippen molar-refractivity contribution in [1.29, 1.82) is 0 Å². The van der Waals surface area contributed by atoms with Crippen molar-refractivity contribution in [3.05, 3.63) is 69.9 Å². The Morgan fingerprint density at radius 3 is 2.68 bits per heavy atom. The first-order valence-corrected chi connectivity index (χ1v) is 10.2. The van der Waals surface area contributed by atoms with Crippen molar-refractivity contribution in [2.24, 2.45) is 0 Å². The van der Waals surface area contributed by atoms with E-state index < -0.39 is 5.82 Å². The van der Waals surface area contributed by atoms with Gasteiger partial charge in [0, 0.05) is 17.3 Å². The molecule has 0 fully saturated rings. The van der Waals surface area contributed by atoms with Crippen LogP contribution in [-0.2, 0) is 11.3 Å². The molecule has 2 aromatic carbocycles. The van der Waals surface area contributed by atoms with Gasteiger partial charge in [0.25, 0.3) is 5.91 Å². The fourth-order valence-electron chi connectivity index (χ4n) is 2.10. The number of nitrogens with one attached hydrogen (secondary N) is 2. The lowest BCUT2D eigenvalue weighted by Gasteiger charge is -2.06. The highest BCUT2D eigenvalue weighted by molar-refractivity contribution is 8.01. The number of amides is 2. The molecule has 3 aromatic rings. The molecule has 0 aliphatic heterocycles. The van der Waals surface area contributed by atoms with Gasteiger partial charge in [-0.25, -0.2) is 4.39 Å². The summed E-state index contributed by atoms with van der Waals surface area (Å²) in [6, 6.07) is 13.0. The molecular formula is C18H14ClFN4O2S2. The average Bonchev–Trinajstić information content (AvgIpc) is 3.16. The minimum absolute atomic E-state index is 0.105. The van der Waals surface area contributed by atoms with E-state index in [-0.39, 0.29) is 34.1 Å². The Morgan fingerprint density at radius 2 is 1.93 bits per heavy atom. The Hall–Kier alpha value is -2.49. The molecule has 1 heterocycles. The third-order valence-electron chi connectivity index (χ3n) is 3.45. The van der Waals surface area contributed by atoms with E-state index in [0.29, 0.717) is 15.6 Å². The highest BCUT2D eigenvalue weighted by Crippen LogP contribution is 2.23. The lowest BCUT2D eigenvalue weighted by molar-refractivity contribution is -0.118. The molecule has 0 aliphatic carbocycles. The highest BCUT2D eigenvalue weighted by atomic mass is 35.5. The van der Waals surface area contributed by atoms with Gasteiger partial charge >= 0.3 is 0 Å². The number of hydrogen-bond acceptors (Lipinski definition) is 6. The fourth-order valence-corrected chi connectivity index (χ4v) is 3.91. The zero-order chi connectivity index (χ0) is 19.9. The summed E-state index contributed by atoms with van der Waals surface area (Å²) >= 11 is 8.21. The first-order chi connectivity index (χ1) is 13.5. The van der Waals surface area contributed by atoms with Crippen LogP contribution < -0.4 is 10.6 Å². The van der Waals surface area contributed by atoms with Gasteiger partial charge in [0.1, 0.15) is 5.82 Å². The minimum Gasteiger partial charge on any atom is -0.351 e. The summed E-state index contributed by atoms with van der Waals surface area (Å²) in [6.45, 7) is 0.194. The van der Waals surface area contributed by atoms with Crippen LogP contribution in [0.1, 0.15) is 15.4 Å². The Bertz CT molecular complexity index is 985. The molecule has 0 unspecified atom stereocenters. The van der Waals surface area contributed by atoms with Crippen LogP contribution in [0.3, 0.4) is 0 Å². The maximum Gasteiger partial charge on any atom is 0.286 e. The number of halogens is 2. The van der Waals surface area contributed by atoms with Gasteiger partial charge in [-0.3, -0.25) is 9.59 Å². The maximum absolute atomic E-state index is 13.0. The normalized spacial score (nSPS) is 10.5. The van der Waals surface area contributed by atoms with E-state index in [1.807, 2.05) is 18.2 Å². The predicted octanol–water partition coefficient (Wildman–Crippen LogP) is 3.99. The van der Waals surface area contributed by atoms with Crippen LogP contribution in [0.15, 0.2) is 52.9 Å². The summed E-state index contributed by atoms with van der Waals surface area (Å²) < 4.78 is 13.5. The van der Waals surface area contributed by atoms with Crippen molar-refractivity contribution in [2.75, 3.05) is 11.1 Å². The molecule has 0 bridgehead atoms. The van der Waals surface area contributed by atoms with E-state index in [1.54, 1.807) is 12.1 Å². The molecule has 2 amide bonds. The first kappa shape index (κ1) is 20.2. The van der Waals surface area contributed by atoms with Crippen LogP contribution >= 0.6 is 34.7 Å². The zero-order valence-corrected chi connectivity index (χ0v) is 16.7. The van der Waals surface area contributed by atoms with E-state index in [1.165, 1.54) is 30.0 Å². The molecule has 10 heteroatoms. The summed E-state index contributed by atoms with van der Waals surface area (Å²) in [5, 5.41) is 13.7. The molecule has 3 rings (SSSR count). The molecule has 144 valence electrons. The van der Waals surface area contributed by atoms with Crippen molar-refractivity contribution in [2.45, 2.75) is 10.9 Å². The monoisotopic (exact) mass is 436 g/mol. The molecule has 0 atom stereocenters. The molecule has 6 nitrogen and oxygen atoms in total. The average molecular weight is 437 g/mol. The maximum atomic E-state index is 13.0. The molecule has 28 heavy (non-hydrogen) atoms. The van der Waals surface area contributed by atoms with Crippen molar-refractivity contribution in [3.8, 4) is 0 Å². The second kappa shape index (κ2) is 9.63. The summed E-state index contributed by atoms with van der Waals surface area (Å²) in [6.07, 6.45) is 0. The van der Waals surface area contributed by atoms with Gasteiger partial charge in [0.2, 0.25) is 10.9 Å². The third-order valence-corrected chi connectivity index (χ3v) is 5.86. The zero-order valence-electron chi connectivity index (χ0n) is 14.3. The number of hydrogen-bond donors (Lipinski definition) is 2. The summed E-state index contributed by atoms with van der Waals surface area (Å²) in [5.41, 5.74) is 1.29. The number of benzene rings is 2. The fraction of sp³-hybridized carbons (Fsp3) is 0.111. The third kappa shape index (κ3) is 5.75. The number of anilines is 1. The number of nitrogens with zero attached hydrogens (tertiary/aromatic N) is 2. The smallest absolute Gasteiger partial charge is 0.286 e. The van der Waals surface area contributed by atoms with E-state index in [9.17, 15) is 14.0 Å². The van der Waals surface area contributed by atoms with Crippen molar-refractivity contribution in [3.63, 3.8) is 0 Å².